The van der Waals surface area contributed by atoms with E-state index in [1.807, 2.05) is 19.2 Å². The van der Waals surface area contributed by atoms with Gasteiger partial charge >= 0.3 is 5.97 Å². The number of halogens is 3. The third-order valence-electron chi connectivity index (χ3n) is 1.80. The first-order valence-electron chi connectivity index (χ1n) is 4.52. The van der Waals surface area contributed by atoms with Gasteiger partial charge in [0.2, 0.25) is 0 Å². The first-order valence-corrected chi connectivity index (χ1v) is 7.76. The predicted molar refractivity (Wildman–Crippen MR) is 88.8 cm³/mol. The van der Waals surface area contributed by atoms with Crippen LogP contribution in [0.4, 0.5) is 0 Å². The largest absolute Gasteiger partial charge is 0.461 e. The fourth-order valence-corrected chi connectivity index (χ4v) is 3.40. The molecule has 0 aromatic heterocycles. The fourth-order valence-electron chi connectivity index (χ4n) is 1.03. The summed E-state index contributed by atoms with van der Waals surface area (Å²) in [7, 11) is 1.83. The Balaban J connectivity index is 2.82. The number of hydrogen-bond acceptors (Lipinski definition) is 3. The molecular weight excluding hydrogens is 547 g/mol. The summed E-state index contributed by atoms with van der Waals surface area (Å²) in [5, 5.41) is 2.93. The van der Waals surface area contributed by atoms with Crippen molar-refractivity contribution in [1.82, 2.24) is 5.32 Å². The molecule has 3 nitrogen and oxygen atoms in total. The normalized spacial score (nSPS) is 10.2. The van der Waals surface area contributed by atoms with Gasteiger partial charge in [0.15, 0.2) is 0 Å². The maximum atomic E-state index is 11.8. The molecule has 0 aliphatic rings. The minimum atomic E-state index is -0.254. The van der Waals surface area contributed by atoms with Crippen molar-refractivity contribution in [2.45, 2.75) is 0 Å². The number of carbonyl (C=O) groups is 1. The van der Waals surface area contributed by atoms with E-state index in [0.29, 0.717) is 18.7 Å². The highest BCUT2D eigenvalue weighted by molar-refractivity contribution is 14.1. The van der Waals surface area contributed by atoms with Crippen LogP contribution in [-0.2, 0) is 4.74 Å². The van der Waals surface area contributed by atoms with Crippen LogP contribution in [0.5, 0.6) is 0 Å². The summed E-state index contributed by atoms with van der Waals surface area (Å²) in [6, 6.07) is 3.89. The zero-order chi connectivity index (χ0) is 12.1. The molecular formula is C10H10I3NO2. The monoisotopic (exact) mass is 557 g/mol. The van der Waals surface area contributed by atoms with E-state index < -0.39 is 0 Å². The number of benzene rings is 1. The number of carbonyl (C=O) groups excluding carboxylic acids is 1. The molecule has 0 amide bonds. The quantitative estimate of drug-likeness (QED) is 0.268. The summed E-state index contributed by atoms with van der Waals surface area (Å²) in [5.74, 6) is -0.254. The van der Waals surface area contributed by atoms with Crippen LogP contribution in [-0.4, -0.2) is 26.2 Å². The summed E-state index contributed by atoms with van der Waals surface area (Å²) >= 11 is 6.59. The molecule has 0 fully saturated rings. The molecule has 0 saturated heterocycles. The SMILES string of the molecule is CNCCOC(=O)c1cc(I)cc(I)c1I. The van der Waals surface area contributed by atoms with Gasteiger partial charge in [-0.1, -0.05) is 0 Å². The highest BCUT2D eigenvalue weighted by Gasteiger charge is 2.14. The van der Waals surface area contributed by atoms with E-state index in [-0.39, 0.29) is 5.97 Å². The Labute approximate surface area is 136 Å². The van der Waals surface area contributed by atoms with Gasteiger partial charge in [-0.25, -0.2) is 4.79 Å². The molecule has 0 aliphatic carbocycles. The number of ether oxygens (including phenoxy) is 1. The molecule has 0 bridgehead atoms. The van der Waals surface area contributed by atoms with Gasteiger partial charge in [-0.05, 0) is 87.0 Å². The summed E-state index contributed by atoms with van der Waals surface area (Å²) in [6.07, 6.45) is 0. The molecule has 6 heteroatoms. The first-order chi connectivity index (χ1) is 7.56. The maximum absolute atomic E-state index is 11.8. The minimum Gasteiger partial charge on any atom is -0.461 e. The van der Waals surface area contributed by atoms with Gasteiger partial charge in [0, 0.05) is 17.3 Å². The van der Waals surface area contributed by atoms with E-state index in [2.05, 4.69) is 73.1 Å². The molecule has 0 radical (unpaired) electrons. The summed E-state index contributed by atoms with van der Waals surface area (Å²) in [4.78, 5) is 11.8. The van der Waals surface area contributed by atoms with Gasteiger partial charge in [-0.2, -0.15) is 0 Å². The number of esters is 1. The van der Waals surface area contributed by atoms with Crippen LogP contribution < -0.4 is 5.32 Å². The molecule has 0 atom stereocenters. The lowest BCUT2D eigenvalue weighted by Gasteiger charge is -2.08. The average Bonchev–Trinajstić information content (AvgIpc) is 2.23. The van der Waals surface area contributed by atoms with E-state index in [9.17, 15) is 4.79 Å². The van der Waals surface area contributed by atoms with Crippen LogP contribution in [0, 0.1) is 10.7 Å². The van der Waals surface area contributed by atoms with Gasteiger partial charge in [-0.15, -0.1) is 0 Å². The topological polar surface area (TPSA) is 38.3 Å². The van der Waals surface area contributed by atoms with E-state index in [4.69, 9.17) is 4.74 Å². The van der Waals surface area contributed by atoms with Gasteiger partial charge in [0.1, 0.15) is 6.61 Å². The van der Waals surface area contributed by atoms with Crippen molar-refractivity contribution in [3.05, 3.63) is 28.4 Å². The molecule has 0 unspecified atom stereocenters. The smallest absolute Gasteiger partial charge is 0.339 e. The van der Waals surface area contributed by atoms with Crippen LogP contribution in [0.2, 0.25) is 0 Å². The molecule has 1 rings (SSSR count). The molecule has 1 aromatic rings. The Kier molecular flexibility index (Phi) is 6.81. The Morgan fingerprint density at radius 1 is 1.38 bits per heavy atom. The van der Waals surface area contributed by atoms with Crippen molar-refractivity contribution < 1.29 is 9.53 Å². The molecule has 0 aliphatic heterocycles. The number of rotatable bonds is 4. The lowest BCUT2D eigenvalue weighted by atomic mass is 10.2. The summed E-state index contributed by atoms with van der Waals surface area (Å²) in [5.41, 5.74) is 0.646. The van der Waals surface area contributed by atoms with Crippen LogP contribution in [0.25, 0.3) is 0 Å². The highest BCUT2D eigenvalue weighted by atomic mass is 127. The molecule has 16 heavy (non-hydrogen) atoms. The van der Waals surface area contributed by atoms with Crippen LogP contribution in [0.15, 0.2) is 12.1 Å². The Hall–Kier alpha value is 0.840. The second kappa shape index (κ2) is 7.31. The fraction of sp³-hybridized carbons (Fsp3) is 0.300. The molecule has 1 N–H and O–H groups in total. The van der Waals surface area contributed by atoms with E-state index in [0.717, 1.165) is 10.7 Å². The minimum absolute atomic E-state index is 0.254. The maximum Gasteiger partial charge on any atom is 0.339 e. The van der Waals surface area contributed by atoms with Gasteiger partial charge in [0.25, 0.3) is 0 Å². The van der Waals surface area contributed by atoms with Crippen molar-refractivity contribution in [2.75, 3.05) is 20.2 Å². The van der Waals surface area contributed by atoms with E-state index in [1.54, 1.807) is 0 Å². The van der Waals surface area contributed by atoms with Crippen molar-refractivity contribution in [1.29, 1.82) is 0 Å². The van der Waals surface area contributed by atoms with Gasteiger partial charge in [-0.3, -0.25) is 0 Å². The zero-order valence-electron chi connectivity index (χ0n) is 8.52. The van der Waals surface area contributed by atoms with Crippen molar-refractivity contribution >= 4 is 73.7 Å². The first kappa shape index (κ1) is 14.9. The average molecular weight is 557 g/mol. The van der Waals surface area contributed by atoms with E-state index >= 15 is 0 Å². The van der Waals surface area contributed by atoms with Crippen LogP contribution in [0.1, 0.15) is 10.4 Å². The standard InChI is InChI=1S/C10H10I3NO2/c1-14-2-3-16-10(15)7-4-6(11)5-8(12)9(7)13/h4-5,14H,2-3H2,1H3. The lowest BCUT2D eigenvalue weighted by molar-refractivity contribution is 0.0509. The van der Waals surface area contributed by atoms with Crippen molar-refractivity contribution in [2.24, 2.45) is 0 Å². The molecule has 0 spiro atoms. The Morgan fingerprint density at radius 2 is 2.06 bits per heavy atom. The predicted octanol–water partition coefficient (Wildman–Crippen LogP) is 2.88. The second-order valence-corrected chi connectivity index (χ2v) is 6.48. The number of likely N-dealkylation sites (N-methyl/N-ethyl adjacent to an activating group) is 1. The zero-order valence-corrected chi connectivity index (χ0v) is 15.0. The van der Waals surface area contributed by atoms with Gasteiger partial charge in [0.05, 0.1) is 5.56 Å². The van der Waals surface area contributed by atoms with Crippen LogP contribution >= 0.6 is 67.8 Å². The molecule has 0 heterocycles. The number of hydrogen-bond donors (Lipinski definition) is 1. The van der Waals surface area contributed by atoms with Crippen molar-refractivity contribution in [3.63, 3.8) is 0 Å². The number of nitrogens with one attached hydrogen (secondary N) is 1. The third-order valence-corrected chi connectivity index (χ3v) is 5.47. The lowest BCUT2D eigenvalue weighted by Crippen LogP contribution is -2.18. The molecule has 88 valence electrons. The van der Waals surface area contributed by atoms with Crippen molar-refractivity contribution in [3.8, 4) is 0 Å². The Bertz CT molecular complexity index is 396. The third kappa shape index (κ3) is 4.26. The van der Waals surface area contributed by atoms with E-state index in [1.165, 1.54) is 0 Å². The summed E-state index contributed by atoms with van der Waals surface area (Å²) < 4.78 is 8.22. The summed E-state index contributed by atoms with van der Waals surface area (Å²) in [6.45, 7) is 1.07. The van der Waals surface area contributed by atoms with Gasteiger partial charge < -0.3 is 10.1 Å². The molecule has 0 saturated carbocycles. The molecule has 1 aromatic carbocycles. The Morgan fingerprint density at radius 3 is 2.69 bits per heavy atom. The second-order valence-electron chi connectivity index (χ2n) is 2.99. The van der Waals surface area contributed by atoms with Crippen LogP contribution in [0.3, 0.4) is 0 Å². The highest BCUT2D eigenvalue weighted by Crippen LogP contribution is 2.23.